The molecule has 4 heteroatoms. The number of hydrogen-bond acceptors (Lipinski definition) is 2. The smallest absolute Gasteiger partial charge is 0.311 e. The van der Waals surface area contributed by atoms with Gasteiger partial charge in [-0.15, -0.1) is 0 Å². The highest BCUT2D eigenvalue weighted by Crippen LogP contribution is 2.41. The van der Waals surface area contributed by atoms with E-state index in [0.29, 0.717) is 25.1 Å². The van der Waals surface area contributed by atoms with Crippen molar-refractivity contribution in [3.8, 4) is 0 Å². The Hall–Kier alpha value is -1.42. The maximum absolute atomic E-state index is 13.9. The van der Waals surface area contributed by atoms with Crippen LogP contribution in [0.4, 0.5) is 4.39 Å². The zero-order chi connectivity index (χ0) is 14.9. The number of nitrogens with zero attached hydrogens (tertiary/aromatic N) is 1. The van der Waals surface area contributed by atoms with Crippen LogP contribution < -0.4 is 0 Å². The lowest BCUT2D eigenvalue weighted by Crippen LogP contribution is -2.39. The normalized spacial score (nSPS) is 25.1. The molecule has 0 bridgehead atoms. The van der Waals surface area contributed by atoms with E-state index in [4.69, 9.17) is 0 Å². The third kappa shape index (κ3) is 2.44. The predicted molar refractivity (Wildman–Crippen MR) is 75.9 cm³/mol. The largest absolute Gasteiger partial charge is 0.481 e. The molecule has 2 atom stereocenters. The van der Waals surface area contributed by atoms with Crippen molar-refractivity contribution in [2.45, 2.75) is 33.2 Å². The molecule has 1 aromatic carbocycles. The topological polar surface area (TPSA) is 40.5 Å². The van der Waals surface area contributed by atoms with E-state index in [-0.39, 0.29) is 17.8 Å². The average molecular weight is 279 g/mol. The Morgan fingerprint density at radius 1 is 1.35 bits per heavy atom. The lowest BCUT2D eigenvalue weighted by molar-refractivity contribution is -0.151. The van der Waals surface area contributed by atoms with Gasteiger partial charge in [0.05, 0.1) is 5.41 Å². The summed E-state index contributed by atoms with van der Waals surface area (Å²) < 4.78 is 13.9. The van der Waals surface area contributed by atoms with Gasteiger partial charge in [0.2, 0.25) is 0 Å². The Morgan fingerprint density at radius 2 is 2.00 bits per heavy atom. The molecule has 20 heavy (non-hydrogen) atoms. The molecule has 1 heterocycles. The van der Waals surface area contributed by atoms with Gasteiger partial charge in [-0.1, -0.05) is 32.0 Å². The first kappa shape index (κ1) is 15.0. The first-order valence-corrected chi connectivity index (χ1v) is 7.10. The molecule has 1 aromatic rings. The third-order valence-electron chi connectivity index (χ3n) is 4.76. The number of carbonyl (C=O) groups is 1. The summed E-state index contributed by atoms with van der Waals surface area (Å²) in [6.45, 7) is 7.02. The van der Waals surface area contributed by atoms with Gasteiger partial charge >= 0.3 is 5.97 Å². The fourth-order valence-electron chi connectivity index (χ4n) is 3.10. The minimum Gasteiger partial charge on any atom is -0.481 e. The molecule has 1 fully saturated rings. The summed E-state index contributed by atoms with van der Waals surface area (Å²) >= 11 is 0. The molecule has 1 aliphatic rings. The fraction of sp³-hybridized carbons (Fsp3) is 0.562. The minimum absolute atomic E-state index is 0.0674. The number of benzene rings is 1. The Kier molecular flexibility index (Phi) is 4.14. The third-order valence-corrected chi connectivity index (χ3v) is 4.76. The van der Waals surface area contributed by atoms with Crippen LogP contribution in [0.5, 0.6) is 0 Å². The number of hydrogen-bond donors (Lipinski definition) is 1. The molecule has 2 rings (SSSR count). The van der Waals surface area contributed by atoms with Gasteiger partial charge in [0.1, 0.15) is 5.82 Å². The number of likely N-dealkylation sites (tertiary alicyclic amines) is 1. The average Bonchev–Trinajstić information content (AvgIpc) is 2.85. The van der Waals surface area contributed by atoms with E-state index < -0.39 is 11.4 Å². The Balaban J connectivity index is 2.21. The summed E-state index contributed by atoms with van der Waals surface area (Å²) in [6, 6.07) is 6.62. The summed E-state index contributed by atoms with van der Waals surface area (Å²) in [7, 11) is 0. The monoisotopic (exact) mass is 279 g/mol. The number of rotatable bonds is 4. The summed E-state index contributed by atoms with van der Waals surface area (Å²) in [4.78, 5) is 13.7. The van der Waals surface area contributed by atoms with E-state index in [9.17, 15) is 14.3 Å². The second-order valence-corrected chi connectivity index (χ2v) is 6.03. The van der Waals surface area contributed by atoms with E-state index >= 15 is 0 Å². The molecule has 3 nitrogen and oxygen atoms in total. The van der Waals surface area contributed by atoms with Gasteiger partial charge in [-0.3, -0.25) is 9.69 Å². The number of carboxylic acid groups (broad SMARTS) is 1. The van der Waals surface area contributed by atoms with Crippen LogP contribution in [0.15, 0.2) is 24.3 Å². The van der Waals surface area contributed by atoms with Gasteiger partial charge in [-0.25, -0.2) is 4.39 Å². The van der Waals surface area contributed by atoms with Crippen LogP contribution in [0.1, 0.15) is 38.8 Å². The maximum Gasteiger partial charge on any atom is 0.311 e. The Labute approximate surface area is 119 Å². The summed E-state index contributed by atoms with van der Waals surface area (Å²) in [5, 5.41) is 9.56. The maximum atomic E-state index is 13.9. The van der Waals surface area contributed by atoms with Gasteiger partial charge in [0.25, 0.3) is 0 Å². The molecule has 1 N–H and O–H groups in total. The minimum atomic E-state index is -0.740. The van der Waals surface area contributed by atoms with Gasteiger partial charge in [-0.05, 0) is 31.9 Å². The lowest BCUT2D eigenvalue weighted by Gasteiger charge is -2.31. The molecule has 2 unspecified atom stereocenters. The predicted octanol–water partition coefficient (Wildman–Crippen LogP) is 3.32. The summed E-state index contributed by atoms with van der Waals surface area (Å²) in [5.74, 6) is -0.897. The van der Waals surface area contributed by atoms with Gasteiger partial charge in [0, 0.05) is 18.2 Å². The van der Waals surface area contributed by atoms with Crippen molar-refractivity contribution in [2.75, 3.05) is 13.1 Å². The van der Waals surface area contributed by atoms with E-state index in [1.54, 1.807) is 12.1 Å². The number of carboxylic acids is 1. The molecule has 0 spiro atoms. The van der Waals surface area contributed by atoms with Crippen molar-refractivity contribution in [2.24, 2.45) is 11.3 Å². The Morgan fingerprint density at radius 3 is 2.50 bits per heavy atom. The van der Waals surface area contributed by atoms with Gasteiger partial charge in [-0.2, -0.15) is 0 Å². The SMILES string of the molecule is CC(c1ccccc1F)N1CCC(C(=O)O)(C(C)C)C1. The van der Waals surface area contributed by atoms with Gasteiger partial charge < -0.3 is 5.11 Å². The van der Waals surface area contributed by atoms with E-state index in [1.165, 1.54) is 6.07 Å². The summed E-state index contributed by atoms with van der Waals surface area (Å²) in [6.07, 6.45) is 0.624. The molecule has 0 aromatic heterocycles. The van der Waals surface area contributed by atoms with Crippen LogP contribution >= 0.6 is 0 Å². The Bertz CT molecular complexity index is 503. The van der Waals surface area contributed by atoms with Crippen LogP contribution in [0.2, 0.25) is 0 Å². The highest BCUT2D eigenvalue weighted by molar-refractivity contribution is 5.75. The zero-order valence-corrected chi connectivity index (χ0v) is 12.3. The second-order valence-electron chi connectivity index (χ2n) is 6.03. The molecule has 0 amide bonds. The van der Waals surface area contributed by atoms with E-state index in [0.717, 1.165) is 0 Å². The molecular formula is C16H22FNO2. The lowest BCUT2D eigenvalue weighted by atomic mass is 9.76. The van der Waals surface area contributed by atoms with Crippen LogP contribution in [0, 0.1) is 17.2 Å². The van der Waals surface area contributed by atoms with Crippen molar-refractivity contribution >= 4 is 5.97 Å². The van der Waals surface area contributed by atoms with Crippen molar-refractivity contribution in [3.63, 3.8) is 0 Å². The van der Waals surface area contributed by atoms with Crippen LogP contribution in [-0.4, -0.2) is 29.1 Å². The first-order valence-electron chi connectivity index (χ1n) is 7.10. The zero-order valence-electron chi connectivity index (χ0n) is 12.3. The molecule has 110 valence electrons. The molecule has 1 saturated heterocycles. The molecule has 1 aliphatic heterocycles. The van der Waals surface area contributed by atoms with Gasteiger partial charge in [0.15, 0.2) is 0 Å². The quantitative estimate of drug-likeness (QED) is 0.919. The van der Waals surface area contributed by atoms with Crippen LogP contribution in [-0.2, 0) is 4.79 Å². The van der Waals surface area contributed by atoms with Crippen molar-refractivity contribution in [3.05, 3.63) is 35.6 Å². The highest BCUT2D eigenvalue weighted by Gasteiger charge is 2.48. The first-order chi connectivity index (χ1) is 9.38. The fourth-order valence-corrected chi connectivity index (χ4v) is 3.10. The van der Waals surface area contributed by atoms with Crippen LogP contribution in [0.25, 0.3) is 0 Å². The molecule has 0 radical (unpaired) electrons. The van der Waals surface area contributed by atoms with E-state index in [1.807, 2.05) is 26.8 Å². The van der Waals surface area contributed by atoms with Crippen LogP contribution in [0.3, 0.4) is 0 Å². The van der Waals surface area contributed by atoms with Crippen molar-refractivity contribution < 1.29 is 14.3 Å². The standard InChI is InChI=1S/C16H22FNO2/c1-11(2)16(15(19)20)8-9-18(10-16)12(3)13-6-4-5-7-14(13)17/h4-7,11-12H,8-10H2,1-3H3,(H,19,20). The highest BCUT2D eigenvalue weighted by atomic mass is 19.1. The van der Waals surface area contributed by atoms with Crippen molar-refractivity contribution in [1.29, 1.82) is 0 Å². The number of aliphatic carboxylic acids is 1. The number of halogens is 1. The van der Waals surface area contributed by atoms with Crippen molar-refractivity contribution in [1.82, 2.24) is 4.90 Å². The second kappa shape index (κ2) is 5.52. The summed E-state index contributed by atoms with van der Waals surface area (Å²) in [5.41, 5.74) is -0.0723. The van der Waals surface area contributed by atoms with E-state index in [2.05, 4.69) is 4.90 Å². The molecule has 0 aliphatic carbocycles. The molecular weight excluding hydrogens is 257 g/mol. The molecule has 0 saturated carbocycles.